The minimum Gasteiger partial charge on any atom is -0.286 e. The Morgan fingerprint density at radius 3 is 1.50 bits per heavy atom. The number of rotatable bonds is 0. The van der Waals surface area contributed by atoms with Crippen molar-refractivity contribution in [1.29, 1.82) is 0 Å². The number of hydrogen-bond acceptors (Lipinski definition) is 2. The van der Waals surface area contributed by atoms with E-state index in [1.807, 2.05) is 0 Å². The van der Waals surface area contributed by atoms with Gasteiger partial charge in [0, 0.05) is 0 Å². The largest absolute Gasteiger partial charge is 0.286 e. The van der Waals surface area contributed by atoms with Crippen LogP contribution in [-0.4, -0.2) is 19.2 Å². The fourth-order valence-corrected chi connectivity index (χ4v) is 0. The summed E-state index contributed by atoms with van der Waals surface area (Å²) < 4.78 is 25.9. The van der Waals surface area contributed by atoms with E-state index >= 15 is 0 Å². The first-order valence-corrected chi connectivity index (χ1v) is 2.77. The van der Waals surface area contributed by atoms with Crippen molar-refractivity contribution in [3.05, 3.63) is 0 Å². The summed E-state index contributed by atoms with van der Waals surface area (Å²) in [6, 6.07) is 0. The van der Waals surface area contributed by atoms with E-state index in [4.69, 9.17) is 4.55 Å². The Kier molecular flexibility index (Phi) is 3.87. The van der Waals surface area contributed by atoms with Crippen molar-refractivity contribution < 1.29 is 13.0 Å². The van der Waals surface area contributed by atoms with Crippen molar-refractivity contribution >= 4 is 23.6 Å². The van der Waals surface area contributed by atoms with Gasteiger partial charge in [-0.25, -0.2) is 0 Å². The maximum Gasteiger partial charge on any atom is 0.261 e. The molecule has 0 aromatic carbocycles. The smallest absolute Gasteiger partial charge is 0.261 e. The van der Waals surface area contributed by atoms with Crippen LogP contribution in [-0.2, 0) is 10.1 Å². The van der Waals surface area contributed by atoms with E-state index in [1.165, 1.54) is 0 Å². The normalized spacial score (nSPS) is 9.67. The molecule has 0 aliphatic heterocycles. The molecule has 0 spiro atoms. The molecule has 0 bridgehead atoms. The molecule has 5 heteroatoms. The van der Waals surface area contributed by atoms with Gasteiger partial charge in [-0.1, -0.05) is 0 Å². The molecule has 0 saturated heterocycles. The Labute approximate surface area is 43.6 Å². The number of hydrogen-bond donors (Lipinski definition) is 1. The molecule has 0 saturated carbocycles. The van der Waals surface area contributed by atoms with Crippen LogP contribution in [0.15, 0.2) is 0 Å². The predicted octanol–water partition coefficient (Wildman–Crippen LogP) is -0.383. The summed E-state index contributed by atoms with van der Waals surface area (Å²) in [5.41, 5.74) is 0. The molecule has 0 aromatic heterocycles. The molecule has 0 fully saturated rings. The van der Waals surface area contributed by atoms with Crippen LogP contribution in [0.4, 0.5) is 0 Å². The second-order valence-corrected chi connectivity index (χ2v) is 2.20. The summed E-state index contributed by atoms with van der Waals surface area (Å²) in [7, 11) is -3.67. The standard InChI is InChI=1S/CH4O3S.H2S/c1-5(2,3)4;/h1H3,(H,2,3,4);1H2. The Hall–Kier alpha value is 0.260. The van der Waals surface area contributed by atoms with E-state index < -0.39 is 10.1 Å². The molecule has 0 aromatic rings. The van der Waals surface area contributed by atoms with Gasteiger partial charge in [-0.3, -0.25) is 4.55 Å². The van der Waals surface area contributed by atoms with Crippen LogP contribution in [0.2, 0.25) is 0 Å². The fourth-order valence-electron chi connectivity index (χ4n) is 0. The van der Waals surface area contributed by atoms with Crippen LogP contribution in [0.25, 0.3) is 0 Å². The van der Waals surface area contributed by atoms with Crippen molar-refractivity contribution in [2.24, 2.45) is 0 Å². The van der Waals surface area contributed by atoms with Gasteiger partial charge in [0.05, 0.1) is 6.26 Å². The SMILES string of the molecule is CS(=O)(=O)O.S. The van der Waals surface area contributed by atoms with E-state index in [9.17, 15) is 8.42 Å². The first-order valence-electron chi connectivity index (χ1n) is 0.924. The summed E-state index contributed by atoms with van der Waals surface area (Å²) >= 11 is 0. The van der Waals surface area contributed by atoms with Gasteiger partial charge in [0.15, 0.2) is 0 Å². The third kappa shape index (κ3) is 670. The molecular weight excluding hydrogens is 124 g/mol. The quantitative estimate of drug-likeness (QED) is 0.455. The Balaban J connectivity index is 0. The minimum atomic E-state index is -3.67. The van der Waals surface area contributed by atoms with Crippen LogP contribution in [0.1, 0.15) is 0 Å². The van der Waals surface area contributed by atoms with Gasteiger partial charge in [-0.15, -0.1) is 0 Å². The van der Waals surface area contributed by atoms with Crippen molar-refractivity contribution in [3.8, 4) is 0 Å². The maximum atomic E-state index is 9.19. The predicted molar refractivity (Wildman–Crippen MR) is 27.9 cm³/mol. The zero-order valence-electron chi connectivity index (χ0n) is 3.17. The van der Waals surface area contributed by atoms with E-state index in [0.717, 1.165) is 0 Å². The van der Waals surface area contributed by atoms with Gasteiger partial charge in [0.2, 0.25) is 0 Å². The van der Waals surface area contributed by atoms with Crippen molar-refractivity contribution in [2.75, 3.05) is 6.26 Å². The van der Waals surface area contributed by atoms with E-state index in [0.29, 0.717) is 6.26 Å². The first-order chi connectivity index (χ1) is 2.00. The Morgan fingerprint density at radius 1 is 1.50 bits per heavy atom. The minimum absolute atomic E-state index is 0. The average molecular weight is 130 g/mol. The molecule has 0 rings (SSSR count). The van der Waals surface area contributed by atoms with Gasteiger partial charge < -0.3 is 0 Å². The zero-order valence-corrected chi connectivity index (χ0v) is 4.99. The molecule has 0 unspecified atom stereocenters. The zero-order chi connectivity index (χ0) is 4.50. The summed E-state index contributed by atoms with van der Waals surface area (Å²) in [4.78, 5) is 0. The van der Waals surface area contributed by atoms with Crippen molar-refractivity contribution in [1.82, 2.24) is 0 Å². The molecule has 6 heavy (non-hydrogen) atoms. The van der Waals surface area contributed by atoms with Crippen molar-refractivity contribution in [3.63, 3.8) is 0 Å². The monoisotopic (exact) mass is 130 g/mol. The molecule has 0 atom stereocenters. The van der Waals surface area contributed by atoms with Crippen molar-refractivity contribution in [2.45, 2.75) is 0 Å². The van der Waals surface area contributed by atoms with E-state index in [-0.39, 0.29) is 13.5 Å². The molecular formula is CH6O3S2. The molecule has 0 heterocycles. The molecule has 1 N–H and O–H groups in total. The Morgan fingerprint density at radius 2 is 1.50 bits per heavy atom. The summed E-state index contributed by atoms with van der Waals surface area (Å²) in [6.45, 7) is 0. The van der Waals surface area contributed by atoms with E-state index in [2.05, 4.69) is 0 Å². The van der Waals surface area contributed by atoms with Gasteiger partial charge in [0.1, 0.15) is 0 Å². The lowest BCUT2D eigenvalue weighted by molar-refractivity contribution is 0.490. The van der Waals surface area contributed by atoms with Crippen LogP contribution in [0, 0.1) is 0 Å². The van der Waals surface area contributed by atoms with Gasteiger partial charge in [-0.05, 0) is 0 Å². The summed E-state index contributed by atoms with van der Waals surface area (Å²) in [6.07, 6.45) is 0.715. The second-order valence-electron chi connectivity index (χ2n) is 0.733. The van der Waals surface area contributed by atoms with Gasteiger partial charge in [0.25, 0.3) is 10.1 Å². The van der Waals surface area contributed by atoms with Gasteiger partial charge >= 0.3 is 0 Å². The Bertz CT molecular complexity index is 92.0. The van der Waals surface area contributed by atoms with Crippen LogP contribution in [0.3, 0.4) is 0 Å². The van der Waals surface area contributed by atoms with E-state index in [1.54, 1.807) is 0 Å². The van der Waals surface area contributed by atoms with Gasteiger partial charge in [-0.2, -0.15) is 21.9 Å². The van der Waals surface area contributed by atoms with Crippen LogP contribution in [0.5, 0.6) is 0 Å². The third-order valence-corrected chi connectivity index (χ3v) is 0. The molecule has 0 radical (unpaired) electrons. The molecule has 40 valence electrons. The molecule has 3 nitrogen and oxygen atoms in total. The van der Waals surface area contributed by atoms with Crippen LogP contribution >= 0.6 is 13.5 Å². The van der Waals surface area contributed by atoms with Crippen LogP contribution < -0.4 is 0 Å². The summed E-state index contributed by atoms with van der Waals surface area (Å²) in [5.74, 6) is 0. The lowest BCUT2D eigenvalue weighted by atomic mass is 12.0. The molecule has 0 aliphatic carbocycles. The third-order valence-electron chi connectivity index (χ3n) is 0. The highest BCUT2D eigenvalue weighted by Crippen LogP contribution is 1.60. The highest BCUT2D eigenvalue weighted by molar-refractivity contribution is 7.85. The average Bonchev–Trinajstić information content (AvgIpc) is 0.722. The lowest BCUT2D eigenvalue weighted by Gasteiger charge is -1.69. The highest BCUT2D eigenvalue weighted by Gasteiger charge is 1.81. The highest BCUT2D eigenvalue weighted by atomic mass is 32.2. The maximum absolute atomic E-state index is 9.19. The topological polar surface area (TPSA) is 54.4 Å². The fraction of sp³-hybridized carbons (Fsp3) is 1.00. The summed E-state index contributed by atoms with van der Waals surface area (Å²) in [5, 5.41) is 0. The second kappa shape index (κ2) is 2.44. The molecule has 0 amide bonds. The lowest BCUT2D eigenvalue weighted by Crippen LogP contribution is -1.88. The first kappa shape index (κ1) is 9.54. The molecule has 0 aliphatic rings.